The van der Waals surface area contributed by atoms with Crippen LogP contribution in [-0.4, -0.2) is 34.4 Å². The molecule has 100 valence electrons. The highest BCUT2D eigenvalue weighted by atomic mass is 16.5. The topological polar surface area (TPSA) is 86.1 Å². The lowest BCUT2D eigenvalue weighted by Gasteiger charge is -2.20. The molecule has 3 N–H and O–H groups in total. The van der Waals surface area contributed by atoms with Crippen LogP contribution >= 0.6 is 0 Å². The van der Waals surface area contributed by atoms with Crippen LogP contribution in [0.4, 0.5) is 10.5 Å². The lowest BCUT2D eigenvalue weighted by molar-refractivity contribution is 0.247. The Bertz CT molecular complexity index is 411. The maximum atomic E-state index is 11.4. The van der Waals surface area contributed by atoms with Crippen molar-refractivity contribution in [1.29, 1.82) is 0 Å². The van der Waals surface area contributed by atoms with Crippen molar-refractivity contribution in [3.05, 3.63) is 12.1 Å². The minimum Gasteiger partial charge on any atom is -0.493 e. The van der Waals surface area contributed by atoms with Gasteiger partial charge in [-0.15, -0.1) is 0 Å². The average molecular weight is 255 g/mol. The average Bonchev–Trinajstić information content (AvgIpc) is 2.43. The second kappa shape index (κ2) is 5.97. The van der Waals surface area contributed by atoms with E-state index < -0.39 is 6.03 Å². The molecule has 2 amide bonds. The van der Waals surface area contributed by atoms with Crippen LogP contribution in [0.1, 0.15) is 0 Å². The van der Waals surface area contributed by atoms with Gasteiger partial charge in [0.15, 0.2) is 11.5 Å². The smallest absolute Gasteiger partial charge is 0.335 e. The number of nitrogens with zero attached hydrogens (tertiary/aromatic N) is 1. The van der Waals surface area contributed by atoms with E-state index in [1.807, 2.05) is 5.43 Å². The summed E-state index contributed by atoms with van der Waals surface area (Å²) in [5.74, 6) is 6.47. The molecule has 7 nitrogen and oxygen atoms in total. The SMILES string of the molecule is COc1cc(N(C)C(=O)NN)cc(OC)c1OC. The minimum atomic E-state index is -0.454. The van der Waals surface area contributed by atoms with Gasteiger partial charge in [-0.25, -0.2) is 10.6 Å². The van der Waals surface area contributed by atoms with E-state index >= 15 is 0 Å². The van der Waals surface area contributed by atoms with Crippen LogP contribution in [0.15, 0.2) is 12.1 Å². The fourth-order valence-corrected chi connectivity index (χ4v) is 1.47. The molecule has 0 bridgehead atoms. The summed E-state index contributed by atoms with van der Waals surface area (Å²) in [7, 11) is 6.09. The van der Waals surface area contributed by atoms with Crippen LogP contribution in [0.25, 0.3) is 0 Å². The lowest BCUT2D eigenvalue weighted by Crippen LogP contribution is -2.41. The van der Waals surface area contributed by atoms with Crippen molar-refractivity contribution in [2.45, 2.75) is 0 Å². The number of hydrazine groups is 1. The molecule has 0 saturated carbocycles. The summed E-state index contributed by atoms with van der Waals surface area (Å²) in [6.07, 6.45) is 0. The van der Waals surface area contributed by atoms with E-state index in [0.717, 1.165) is 0 Å². The summed E-state index contributed by atoms with van der Waals surface area (Å²) >= 11 is 0. The van der Waals surface area contributed by atoms with Gasteiger partial charge >= 0.3 is 6.03 Å². The number of carbonyl (C=O) groups excluding carboxylic acids is 1. The van der Waals surface area contributed by atoms with Crippen molar-refractivity contribution >= 4 is 11.7 Å². The van der Waals surface area contributed by atoms with Gasteiger partial charge in [0.2, 0.25) is 5.75 Å². The van der Waals surface area contributed by atoms with Crippen molar-refractivity contribution in [2.24, 2.45) is 5.84 Å². The Morgan fingerprint density at radius 2 is 1.67 bits per heavy atom. The number of anilines is 1. The van der Waals surface area contributed by atoms with Gasteiger partial charge in [0.25, 0.3) is 0 Å². The Labute approximate surface area is 105 Å². The van der Waals surface area contributed by atoms with Gasteiger partial charge in [-0.3, -0.25) is 10.3 Å². The fraction of sp³-hybridized carbons (Fsp3) is 0.364. The molecule has 18 heavy (non-hydrogen) atoms. The molecular formula is C11H17N3O4. The summed E-state index contributed by atoms with van der Waals surface area (Å²) in [6.45, 7) is 0. The number of rotatable bonds is 4. The van der Waals surface area contributed by atoms with Crippen LogP contribution < -0.4 is 30.4 Å². The number of hydrogen-bond acceptors (Lipinski definition) is 5. The van der Waals surface area contributed by atoms with Crippen LogP contribution in [0.2, 0.25) is 0 Å². The number of methoxy groups -OCH3 is 3. The second-order valence-corrected chi connectivity index (χ2v) is 3.39. The number of hydrogen-bond donors (Lipinski definition) is 2. The van der Waals surface area contributed by atoms with Crippen LogP contribution in [0.5, 0.6) is 17.2 Å². The highest BCUT2D eigenvalue weighted by Crippen LogP contribution is 2.40. The van der Waals surface area contributed by atoms with Crippen LogP contribution in [0.3, 0.4) is 0 Å². The summed E-state index contributed by atoms with van der Waals surface area (Å²) < 4.78 is 15.6. The van der Waals surface area contributed by atoms with Gasteiger partial charge in [-0.2, -0.15) is 0 Å². The van der Waals surface area contributed by atoms with Crippen LogP contribution in [-0.2, 0) is 0 Å². The monoisotopic (exact) mass is 255 g/mol. The zero-order valence-corrected chi connectivity index (χ0v) is 10.8. The van der Waals surface area contributed by atoms with E-state index in [1.54, 1.807) is 19.2 Å². The number of nitrogens with one attached hydrogen (secondary N) is 1. The van der Waals surface area contributed by atoms with Crippen molar-refractivity contribution in [2.75, 3.05) is 33.3 Å². The quantitative estimate of drug-likeness (QED) is 0.470. The second-order valence-electron chi connectivity index (χ2n) is 3.39. The molecule has 7 heteroatoms. The molecule has 1 rings (SSSR count). The molecule has 0 unspecified atom stereocenters. The van der Waals surface area contributed by atoms with Gasteiger partial charge in [-0.1, -0.05) is 0 Å². The maximum Gasteiger partial charge on any atom is 0.335 e. The molecule has 0 radical (unpaired) electrons. The molecule has 0 atom stereocenters. The highest BCUT2D eigenvalue weighted by molar-refractivity contribution is 5.91. The van der Waals surface area contributed by atoms with Crippen molar-refractivity contribution in [3.63, 3.8) is 0 Å². The predicted octanol–water partition coefficient (Wildman–Crippen LogP) is 0.732. The zero-order chi connectivity index (χ0) is 13.7. The molecule has 0 heterocycles. The third-order valence-corrected chi connectivity index (χ3v) is 2.46. The molecule has 0 fully saturated rings. The first-order valence-electron chi connectivity index (χ1n) is 5.13. The molecule has 0 aromatic heterocycles. The number of nitrogens with two attached hydrogens (primary N) is 1. The molecule has 0 aliphatic heterocycles. The molecular weight excluding hydrogens is 238 g/mol. The lowest BCUT2D eigenvalue weighted by atomic mass is 10.2. The number of benzene rings is 1. The third kappa shape index (κ3) is 2.57. The summed E-state index contributed by atoms with van der Waals surface area (Å²) in [6, 6.07) is 2.84. The molecule has 1 aromatic rings. The van der Waals surface area contributed by atoms with E-state index in [-0.39, 0.29) is 0 Å². The Hall–Kier alpha value is -2.15. The Morgan fingerprint density at radius 3 is 2.00 bits per heavy atom. The standard InChI is InChI=1S/C11H17N3O4/c1-14(11(15)13-12)7-5-8(16-2)10(18-4)9(6-7)17-3/h5-6H,12H2,1-4H3,(H,13,15). The zero-order valence-electron chi connectivity index (χ0n) is 10.8. The molecule has 1 aromatic carbocycles. The van der Waals surface area contributed by atoms with Gasteiger partial charge in [-0.05, 0) is 0 Å². The molecule has 0 aliphatic carbocycles. The van der Waals surface area contributed by atoms with Crippen molar-refractivity contribution in [3.8, 4) is 17.2 Å². The van der Waals surface area contributed by atoms with Crippen molar-refractivity contribution < 1.29 is 19.0 Å². The maximum absolute atomic E-state index is 11.4. The molecule has 0 aliphatic rings. The van der Waals surface area contributed by atoms with E-state index in [4.69, 9.17) is 20.1 Å². The van der Waals surface area contributed by atoms with Gasteiger partial charge in [0.05, 0.1) is 27.0 Å². The summed E-state index contributed by atoms with van der Waals surface area (Å²) in [4.78, 5) is 12.8. The largest absolute Gasteiger partial charge is 0.493 e. The van der Waals surface area contributed by atoms with Crippen molar-refractivity contribution in [1.82, 2.24) is 5.43 Å². The van der Waals surface area contributed by atoms with E-state index in [2.05, 4.69) is 0 Å². The number of amides is 2. The first-order valence-corrected chi connectivity index (χ1v) is 5.13. The first kappa shape index (κ1) is 13.9. The number of urea groups is 1. The Balaban J connectivity index is 3.27. The Morgan fingerprint density at radius 1 is 1.17 bits per heavy atom. The fourth-order valence-electron chi connectivity index (χ4n) is 1.47. The summed E-state index contributed by atoms with van der Waals surface area (Å²) in [5, 5.41) is 0. The van der Waals surface area contributed by atoms with E-state index in [0.29, 0.717) is 22.9 Å². The van der Waals surface area contributed by atoms with Gasteiger partial charge < -0.3 is 14.2 Å². The molecule has 0 saturated heterocycles. The molecule has 0 spiro atoms. The predicted molar refractivity (Wildman–Crippen MR) is 67.2 cm³/mol. The third-order valence-electron chi connectivity index (χ3n) is 2.46. The Kier molecular flexibility index (Phi) is 4.61. The van der Waals surface area contributed by atoms with E-state index in [1.165, 1.54) is 26.2 Å². The number of carbonyl (C=O) groups is 1. The van der Waals surface area contributed by atoms with Crippen LogP contribution in [0, 0.1) is 0 Å². The van der Waals surface area contributed by atoms with Gasteiger partial charge in [0.1, 0.15) is 0 Å². The number of ether oxygens (including phenoxy) is 3. The highest BCUT2D eigenvalue weighted by Gasteiger charge is 2.17. The normalized spacial score (nSPS) is 9.61. The van der Waals surface area contributed by atoms with Gasteiger partial charge in [0, 0.05) is 19.2 Å². The summed E-state index contributed by atoms with van der Waals surface area (Å²) in [5.41, 5.74) is 2.60. The first-order chi connectivity index (χ1) is 8.58. The van der Waals surface area contributed by atoms with E-state index in [9.17, 15) is 4.79 Å². The minimum absolute atomic E-state index is 0.454.